The number of ether oxygens (including phenoxy) is 1. The van der Waals surface area contributed by atoms with E-state index in [0.717, 1.165) is 22.4 Å². The van der Waals surface area contributed by atoms with E-state index in [1.165, 1.54) is 0 Å². The molecular formula is C29H24N6O2. The van der Waals surface area contributed by atoms with Crippen molar-refractivity contribution >= 4 is 28.7 Å². The van der Waals surface area contributed by atoms with Crippen LogP contribution < -0.4 is 10.6 Å². The fourth-order valence-electron chi connectivity index (χ4n) is 4.45. The molecule has 3 heterocycles. The molecule has 3 aromatic carbocycles. The Hall–Kier alpha value is -4.69. The Kier molecular flexibility index (Phi) is 6.00. The van der Waals surface area contributed by atoms with Crippen molar-refractivity contribution in [1.82, 2.24) is 19.9 Å². The molecule has 8 nitrogen and oxygen atoms in total. The summed E-state index contributed by atoms with van der Waals surface area (Å²) in [5.74, 6) is 0.873. The van der Waals surface area contributed by atoms with Crippen molar-refractivity contribution in [3.8, 4) is 22.4 Å². The third-order valence-corrected chi connectivity index (χ3v) is 6.41. The number of benzene rings is 3. The van der Waals surface area contributed by atoms with Crippen LogP contribution in [0.3, 0.4) is 0 Å². The van der Waals surface area contributed by atoms with Gasteiger partial charge in [0, 0.05) is 29.8 Å². The summed E-state index contributed by atoms with van der Waals surface area (Å²) in [6.07, 6.45) is 1.71. The van der Waals surface area contributed by atoms with Gasteiger partial charge in [0.15, 0.2) is 22.8 Å². The third-order valence-electron chi connectivity index (χ3n) is 6.41. The Morgan fingerprint density at radius 1 is 0.757 bits per heavy atom. The Morgan fingerprint density at radius 3 is 2.08 bits per heavy atom. The van der Waals surface area contributed by atoms with Crippen LogP contribution in [0.4, 0.5) is 11.8 Å². The van der Waals surface area contributed by atoms with E-state index in [-0.39, 0.29) is 11.7 Å². The minimum atomic E-state index is 0.0135. The zero-order valence-electron chi connectivity index (χ0n) is 20.0. The fraction of sp³-hybridized carbons (Fsp3) is 0.138. The van der Waals surface area contributed by atoms with Gasteiger partial charge in [0.2, 0.25) is 5.95 Å². The van der Waals surface area contributed by atoms with Crippen LogP contribution in [0.25, 0.3) is 33.5 Å². The molecule has 6 rings (SSSR count). The average molecular weight is 489 g/mol. The van der Waals surface area contributed by atoms with E-state index < -0.39 is 0 Å². The number of carbonyl (C=O) groups excluding carboxylic acids is 1. The molecule has 1 aliphatic rings. The number of aromatic nitrogens is 4. The molecule has 0 saturated carbocycles. The number of morpholine rings is 1. The van der Waals surface area contributed by atoms with E-state index in [9.17, 15) is 4.79 Å². The van der Waals surface area contributed by atoms with Crippen LogP contribution >= 0.6 is 0 Å². The molecule has 37 heavy (non-hydrogen) atoms. The summed E-state index contributed by atoms with van der Waals surface area (Å²) in [4.78, 5) is 32.9. The molecule has 1 aliphatic heterocycles. The summed E-state index contributed by atoms with van der Waals surface area (Å²) >= 11 is 0. The van der Waals surface area contributed by atoms with E-state index >= 15 is 0 Å². The van der Waals surface area contributed by atoms with E-state index in [1.54, 1.807) is 6.20 Å². The molecule has 2 N–H and O–H groups in total. The molecule has 1 fully saturated rings. The standard InChI is InChI=1S/C29H24N6O2/c30-29-33-27-25(28(34-29)35-14-16-37-17-15-35)32-24(18-31-27)21-10-6-19(7-11-21)20-8-12-23(13-9-20)26(36)22-4-2-1-3-5-22/h1-13,18H,14-17H2,(H2,30,31,33,34). The Labute approximate surface area is 213 Å². The highest BCUT2D eigenvalue weighted by molar-refractivity contribution is 6.09. The first-order chi connectivity index (χ1) is 18.2. The number of hydrogen-bond donors (Lipinski definition) is 1. The average Bonchev–Trinajstić information content (AvgIpc) is 2.97. The SMILES string of the molecule is Nc1nc(N2CCOCC2)c2nc(-c3ccc(-c4ccc(C(=O)c5ccccc5)cc4)cc3)cnc2n1. The van der Waals surface area contributed by atoms with Crippen molar-refractivity contribution in [1.29, 1.82) is 0 Å². The minimum absolute atomic E-state index is 0.0135. The largest absolute Gasteiger partial charge is 0.378 e. The van der Waals surface area contributed by atoms with Crippen molar-refractivity contribution in [2.75, 3.05) is 36.9 Å². The zero-order valence-corrected chi connectivity index (χ0v) is 20.0. The molecule has 5 aromatic rings. The normalized spacial score (nSPS) is 13.6. The highest BCUT2D eigenvalue weighted by Gasteiger charge is 2.19. The topological polar surface area (TPSA) is 107 Å². The molecule has 0 unspecified atom stereocenters. The number of nitrogens with zero attached hydrogens (tertiary/aromatic N) is 5. The summed E-state index contributed by atoms with van der Waals surface area (Å²) in [7, 11) is 0. The molecule has 0 spiro atoms. The molecule has 0 amide bonds. The molecule has 2 aromatic heterocycles. The van der Waals surface area contributed by atoms with Crippen molar-refractivity contribution < 1.29 is 9.53 Å². The van der Waals surface area contributed by atoms with Gasteiger partial charge >= 0.3 is 0 Å². The molecule has 182 valence electrons. The number of nitrogen functional groups attached to an aromatic ring is 1. The first-order valence-electron chi connectivity index (χ1n) is 12.1. The van der Waals surface area contributed by atoms with Crippen LogP contribution in [0.2, 0.25) is 0 Å². The summed E-state index contributed by atoms with van der Waals surface area (Å²) in [5.41, 5.74) is 12.1. The maximum Gasteiger partial charge on any atom is 0.224 e. The molecule has 0 bridgehead atoms. The minimum Gasteiger partial charge on any atom is -0.378 e. The summed E-state index contributed by atoms with van der Waals surface area (Å²) in [6.45, 7) is 2.67. The van der Waals surface area contributed by atoms with Gasteiger partial charge in [0.25, 0.3) is 0 Å². The Morgan fingerprint density at radius 2 is 1.38 bits per heavy atom. The first kappa shape index (κ1) is 22.8. The number of ketones is 1. The van der Waals surface area contributed by atoms with Crippen molar-refractivity contribution in [2.45, 2.75) is 0 Å². The van der Waals surface area contributed by atoms with Crippen LogP contribution in [0.15, 0.2) is 85.1 Å². The van der Waals surface area contributed by atoms with E-state index in [2.05, 4.69) is 19.9 Å². The molecule has 8 heteroatoms. The highest BCUT2D eigenvalue weighted by Crippen LogP contribution is 2.28. The van der Waals surface area contributed by atoms with Gasteiger partial charge in [-0.1, -0.05) is 78.9 Å². The maximum absolute atomic E-state index is 12.7. The van der Waals surface area contributed by atoms with Gasteiger partial charge in [-0.15, -0.1) is 0 Å². The lowest BCUT2D eigenvalue weighted by molar-refractivity contribution is 0.103. The number of fused-ring (bicyclic) bond motifs is 1. The quantitative estimate of drug-likeness (QED) is 0.363. The van der Waals surface area contributed by atoms with Gasteiger partial charge in [0.1, 0.15) is 0 Å². The van der Waals surface area contributed by atoms with Gasteiger partial charge < -0.3 is 15.4 Å². The molecule has 0 atom stereocenters. The first-order valence-corrected chi connectivity index (χ1v) is 12.1. The van der Waals surface area contributed by atoms with Crippen molar-refractivity contribution in [3.63, 3.8) is 0 Å². The lowest BCUT2D eigenvalue weighted by Gasteiger charge is -2.28. The smallest absolute Gasteiger partial charge is 0.224 e. The number of carbonyl (C=O) groups is 1. The predicted molar refractivity (Wildman–Crippen MR) is 143 cm³/mol. The van der Waals surface area contributed by atoms with Crippen LogP contribution in [0, 0.1) is 0 Å². The second-order valence-corrected chi connectivity index (χ2v) is 8.78. The van der Waals surface area contributed by atoms with Gasteiger partial charge in [-0.3, -0.25) is 4.79 Å². The van der Waals surface area contributed by atoms with Crippen molar-refractivity contribution in [2.24, 2.45) is 0 Å². The van der Waals surface area contributed by atoms with Crippen LogP contribution in [0.5, 0.6) is 0 Å². The lowest BCUT2D eigenvalue weighted by Crippen LogP contribution is -2.37. The van der Waals surface area contributed by atoms with Gasteiger partial charge in [-0.25, -0.2) is 9.97 Å². The van der Waals surface area contributed by atoms with Crippen LogP contribution in [0.1, 0.15) is 15.9 Å². The third kappa shape index (κ3) is 4.62. The van der Waals surface area contributed by atoms with Crippen LogP contribution in [-0.4, -0.2) is 52.0 Å². The number of nitrogens with two attached hydrogens (primary N) is 1. The van der Waals surface area contributed by atoms with Gasteiger partial charge in [0.05, 0.1) is 25.1 Å². The number of anilines is 2. The fourth-order valence-corrected chi connectivity index (χ4v) is 4.45. The highest BCUT2D eigenvalue weighted by atomic mass is 16.5. The summed E-state index contributed by atoms with van der Waals surface area (Å²) in [5, 5.41) is 0. The van der Waals surface area contributed by atoms with E-state index in [0.29, 0.717) is 54.4 Å². The zero-order chi connectivity index (χ0) is 25.2. The monoisotopic (exact) mass is 488 g/mol. The van der Waals surface area contributed by atoms with E-state index in [1.807, 2.05) is 78.9 Å². The van der Waals surface area contributed by atoms with Crippen LogP contribution in [-0.2, 0) is 4.74 Å². The van der Waals surface area contributed by atoms with E-state index in [4.69, 9.17) is 15.5 Å². The molecule has 1 saturated heterocycles. The maximum atomic E-state index is 12.7. The molecular weight excluding hydrogens is 464 g/mol. The number of rotatable bonds is 5. The Balaban J connectivity index is 1.27. The second-order valence-electron chi connectivity index (χ2n) is 8.78. The summed E-state index contributed by atoms with van der Waals surface area (Å²) in [6, 6.07) is 25.1. The predicted octanol–water partition coefficient (Wildman–Crippen LogP) is 4.40. The molecule has 0 aliphatic carbocycles. The lowest BCUT2D eigenvalue weighted by atomic mass is 9.98. The van der Waals surface area contributed by atoms with Gasteiger partial charge in [-0.05, 0) is 11.1 Å². The molecule has 0 radical (unpaired) electrons. The Bertz CT molecular complexity index is 1560. The number of hydrogen-bond acceptors (Lipinski definition) is 8. The summed E-state index contributed by atoms with van der Waals surface area (Å²) < 4.78 is 5.47. The van der Waals surface area contributed by atoms with Gasteiger partial charge in [-0.2, -0.15) is 9.97 Å². The van der Waals surface area contributed by atoms with Crippen molar-refractivity contribution in [3.05, 3.63) is 96.2 Å². The second kappa shape index (κ2) is 9.75.